The van der Waals surface area contributed by atoms with Crippen molar-refractivity contribution in [1.29, 1.82) is 0 Å². The highest BCUT2D eigenvalue weighted by molar-refractivity contribution is 9.10. The van der Waals surface area contributed by atoms with E-state index in [1.54, 1.807) is 12.3 Å². The molecule has 0 aromatic carbocycles. The standard InChI is InChI=1S/C9H5BrN2O2S/c10-7-2-1-5(3-11-7)8-12-6(4-15-8)9(13)14/h1-4H,(H,13,14). The van der Waals surface area contributed by atoms with E-state index in [1.807, 2.05) is 6.07 Å². The quantitative estimate of drug-likeness (QED) is 0.862. The van der Waals surface area contributed by atoms with Gasteiger partial charge in [0.1, 0.15) is 9.61 Å². The third kappa shape index (κ3) is 2.21. The number of thiazole rings is 1. The van der Waals surface area contributed by atoms with Gasteiger partial charge in [0.15, 0.2) is 5.69 Å². The number of nitrogens with zero attached hydrogens (tertiary/aromatic N) is 2. The SMILES string of the molecule is O=C(O)c1csc(-c2ccc(Br)nc2)n1. The van der Waals surface area contributed by atoms with Crippen LogP contribution in [0, 0.1) is 0 Å². The fourth-order valence-corrected chi connectivity index (χ4v) is 2.03. The molecule has 6 heteroatoms. The molecule has 4 nitrogen and oxygen atoms in total. The average Bonchev–Trinajstić information content (AvgIpc) is 2.68. The normalized spacial score (nSPS) is 10.2. The number of rotatable bonds is 2. The Kier molecular flexibility index (Phi) is 2.79. The number of hydrogen-bond donors (Lipinski definition) is 1. The Morgan fingerprint density at radius 1 is 1.47 bits per heavy atom. The topological polar surface area (TPSA) is 63.1 Å². The van der Waals surface area contributed by atoms with E-state index < -0.39 is 5.97 Å². The van der Waals surface area contributed by atoms with Gasteiger partial charge in [-0.1, -0.05) is 0 Å². The molecule has 2 rings (SSSR count). The molecule has 15 heavy (non-hydrogen) atoms. The van der Waals surface area contributed by atoms with E-state index >= 15 is 0 Å². The minimum atomic E-state index is -1.01. The lowest BCUT2D eigenvalue weighted by Crippen LogP contribution is -1.95. The van der Waals surface area contributed by atoms with Crippen LogP contribution >= 0.6 is 27.3 Å². The van der Waals surface area contributed by atoms with E-state index in [0.29, 0.717) is 5.01 Å². The molecular weight excluding hydrogens is 280 g/mol. The zero-order chi connectivity index (χ0) is 10.8. The van der Waals surface area contributed by atoms with Crippen molar-refractivity contribution in [2.24, 2.45) is 0 Å². The Morgan fingerprint density at radius 2 is 2.27 bits per heavy atom. The molecule has 2 aromatic heterocycles. The Morgan fingerprint density at radius 3 is 2.80 bits per heavy atom. The van der Waals surface area contributed by atoms with Gasteiger partial charge in [-0.2, -0.15) is 0 Å². The smallest absolute Gasteiger partial charge is 0.355 e. The molecule has 0 unspecified atom stereocenters. The maximum absolute atomic E-state index is 10.6. The van der Waals surface area contributed by atoms with Crippen LogP contribution in [-0.2, 0) is 0 Å². The summed E-state index contributed by atoms with van der Waals surface area (Å²) in [6.45, 7) is 0. The Balaban J connectivity index is 2.37. The first-order chi connectivity index (χ1) is 7.16. The average molecular weight is 285 g/mol. The van der Waals surface area contributed by atoms with Gasteiger partial charge in [-0.15, -0.1) is 11.3 Å². The number of carboxylic acid groups (broad SMARTS) is 1. The molecule has 0 saturated carbocycles. The van der Waals surface area contributed by atoms with Crippen molar-refractivity contribution in [2.45, 2.75) is 0 Å². The van der Waals surface area contributed by atoms with Crippen LogP contribution in [0.1, 0.15) is 10.5 Å². The summed E-state index contributed by atoms with van der Waals surface area (Å²) in [5, 5.41) is 10.9. The maximum atomic E-state index is 10.6. The van der Waals surface area contributed by atoms with Crippen LogP contribution in [0.15, 0.2) is 28.3 Å². The molecule has 2 aromatic rings. The summed E-state index contributed by atoms with van der Waals surface area (Å²) < 4.78 is 0.737. The molecule has 76 valence electrons. The van der Waals surface area contributed by atoms with E-state index in [1.165, 1.54) is 16.7 Å². The highest BCUT2D eigenvalue weighted by Crippen LogP contribution is 2.23. The molecule has 0 spiro atoms. The Labute approximate surface area is 97.8 Å². The highest BCUT2D eigenvalue weighted by atomic mass is 79.9. The van der Waals surface area contributed by atoms with Crippen molar-refractivity contribution in [3.8, 4) is 10.6 Å². The molecular formula is C9H5BrN2O2S. The van der Waals surface area contributed by atoms with E-state index in [4.69, 9.17) is 5.11 Å². The van der Waals surface area contributed by atoms with E-state index in [2.05, 4.69) is 25.9 Å². The van der Waals surface area contributed by atoms with Gasteiger partial charge in [0.05, 0.1) is 0 Å². The summed E-state index contributed by atoms with van der Waals surface area (Å²) in [6.07, 6.45) is 1.65. The third-order valence-electron chi connectivity index (χ3n) is 1.70. The van der Waals surface area contributed by atoms with Crippen molar-refractivity contribution < 1.29 is 9.90 Å². The van der Waals surface area contributed by atoms with Gasteiger partial charge in [0.25, 0.3) is 0 Å². The van der Waals surface area contributed by atoms with Gasteiger partial charge < -0.3 is 5.11 Å². The monoisotopic (exact) mass is 284 g/mol. The summed E-state index contributed by atoms with van der Waals surface area (Å²) in [5.74, 6) is -1.01. The number of hydrogen-bond acceptors (Lipinski definition) is 4. The van der Waals surface area contributed by atoms with Gasteiger partial charge in [0.2, 0.25) is 0 Å². The first-order valence-corrected chi connectivity index (χ1v) is 5.65. The van der Waals surface area contributed by atoms with Crippen molar-refractivity contribution in [2.75, 3.05) is 0 Å². The predicted octanol–water partition coefficient (Wildman–Crippen LogP) is 2.67. The summed E-state index contributed by atoms with van der Waals surface area (Å²) in [5.41, 5.74) is 0.883. The van der Waals surface area contributed by atoms with Crippen LogP contribution in [0.5, 0.6) is 0 Å². The van der Waals surface area contributed by atoms with Crippen LogP contribution < -0.4 is 0 Å². The highest BCUT2D eigenvalue weighted by Gasteiger charge is 2.09. The second-order valence-electron chi connectivity index (χ2n) is 2.71. The number of pyridine rings is 1. The molecule has 0 bridgehead atoms. The Hall–Kier alpha value is -1.27. The van der Waals surface area contributed by atoms with Crippen molar-refractivity contribution in [1.82, 2.24) is 9.97 Å². The number of aromatic carboxylic acids is 1. The molecule has 0 saturated heterocycles. The molecule has 0 radical (unpaired) electrons. The van der Waals surface area contributed by atoms with E-state index in [-0.39, 0.29) is 5.69 Å². The van der Waals surface area contributed by atoms with Crippen LogP contribution in [0.4, 0.5) is 0 Å². The van der Waals surface area contributed by atoms with E-state index in [9.17, 15) is 4.79 Å². The fraction of sp³-hybridized carbons (Fsp3) is 0. The molecule has 0 aliphatic carbocycles. The third-order valence-corrected chi connectivity index (χ3v) is 3.06. The minimum absolute atomic E-state index is 0.0675. The number of aromatic nitrogens is 2. The minimum Gasteiger partial charge on any atom is -0.476 e. The van der Waals surface area contributed by atoms with E-state index in [0.717, 1.165) is 10.2 Å². The van der Waals surface area contributed by atoms with Crippen molar-refractivity contribution in [3.63, 3.8) is 0 Å². The number of halogens is 1. The molecule has 0 aliphatic rings. The lowest BCUT2D eigenvalue weighted by atomic mass is 10.3. The summed E-state index contributed by atoms with van der Waals surface area (Å²) in [4.78, 5) is 18.6. The van der Waals surface area contributed by atoms with Crippen LogP contribution in [0.2, 0.25) is 0 Å². The molecule has 1 N–H and O–H groups in total. The summed E-state index contributed by atoms with van der Waals surface area (Å²) in [6, 6.07) is 3.62. The summed E-state index contributed by atoms with van der Waals surface area (Å²) in [7, 11) is 0. The van der Waals surface area contributed by atoms with Crippen LogP contribution in [0.3, 0.4) is 0 Å². The van der Waals surface area contributed by atoms with Gasteiger partial charge in [-0.05, 0) is 28.1 Å². The first kappa shape index (κ1) is 10.3. The molecule has 0 fully saturated rings. The van der Waals surface area contributed by atoms with Crippen molar-refractivity contribution >= 4 is 33.2 Å². The van der Waals surface area contributed by atoms with Crippen LogP contribution in [-0.4, -0.2) is 21.0 Å². The number of carboxylic acids is 1. The van der Waals surface area contributed by atoms with Crippen LogP contribution in [0.25, 0.3) is 10.6 Å². The number of carbonyl (C=O) groups is 1. The zero-order valence-corrected chi connectivity index (χ0v) is 9.75. The lowest BCUT2D eigenvalue weighted by molar-refractivity contribution is 0.0691. The lowest BCUT2D eigenvalue weighted by Gasteiger charge is -1.94. The molecule has 2 heterocycles. The second-order valence-corrected chi connectivity index (χ2v) is 4.38. The van der Waals surface area contributed by atoms with Gasteiger partial charge >= 0.3 is 5.97 Å². The van der Waals surface area contributed by atoms with Crippen molar-refractivity contribution in [3.05, 3.63) is 34.0 Å². The van der Waals surface area contributed by atoms with Gasteiger partial charge in [-0.25, -0.2) is 14.8 Å². The molecule has 0 atom stereocenters. The fourth-order valence-electron chi connectivity index (χ4n) is 1.01. The largest absolute Gasteiger partial charge is 0.476 e. The molecule has 0 aliphatic heterocycles. The second kappa shape index (κ2) is 4.08. The zero-order valence-electron chi connectivity index (χ0n) is 7.35. The first-order valence-electron chi connectivity index (χ1n) is 3.97. The molecule has 0 amide bonds. The maximum Gasteiger partial charge on any atom is 0.355 e. The summed E-state index contributed by atoms with van der Waals surface area (Å²) >= 11 is 4.51. The Bertz CT molecular complexity index is 495. The van der Waals surface area contributed by atoms with Gasteiger partial charge in [-0.3, -0.25) is 0 Å². The predicted molar refractivity (Wildman–Crippen MR) is 60.0 cm³/mol. The van der Waals surface area contributed by atoms with Gasteiger partial charge in [0, 0.05) is 17.1 Å².